The fraction of sp³-hybridized carbons (Fsp3) is 0.0400. The Morgan fingerprint density at radius 1 is 0.906 bits per heavy atom. The molecule has 0 fully saturated rings. The fourth-order valence-corrected chi connectivity index (χ4v) is 4.03. The SMILES string of the molecule is Fc1cccc(-c2nc3cc[n+](Cc4ccc(-c5cc(Cl)ccc5Cl)cc4)cc3[nH]2)c1F. The van der Waals surface area contributed by atoms with Gasteiger partial charge in [-0.05, 0) is 35.9 Å². The Hall–Kier alpha value is -3.28. The molecule has 0 aliphatic rings. The first kappa shape index (κ1) is 20.6. The number of hydrogen-bond acceptors (Lipinski definition) is 1. The first-order chi connectivity index (χ1) is 15.5. The van der Waals surface area contributed by atoms with E-state index in [4.69, 9.17) is 23.2 Å². The van der Waals surface area contributed by atoms with Gasteiger partial charge in [0.2, 0.25) is 0 Å². The summed E-state index contributed by atoms with van der Waals surface area (Å²) in [4.78, 5) is 7.48. The van der Waals surface area contributed by atoms with Crippen LogP contribution in [0.15, 0.2) is 79.1 Å². The maximum absolute atomic E-state index is 14.1. The van der Waals surface area contributed by atoms with Crippen molar-refractivity contribution >= 4 is 34.2 Å². The number of nitrogens with zero attached hydrogens (tertiary/aromatic N) is 2. The van der Waals surface area contributed by atoms with E-state index in [9.17, 15) is 8.78 Å². The van der Waals surface area contributed by atoms with Crippen molar-refractivity contribution in [2.75, 3.05) is 0 Å². The molecule has 2 aromatic heterocycles. The zero-order valence-corrected chi connectivity index (χ0v) is 18.1. The fourth-order valence-electron chi connectivity index (χ4n) is 3.63. The Morgan fingerprint density at radius 2 is 1.72 bits per heavy atom. The third-order valence-electron chi connectivity index (χ3n) is 5.25. The summed E-state index contributed by atoms with van der Waals surface area (Å²) in [6.07, 6.45) is 3.79. The topological polar surface area (TPSA) is 32.6 Å². The highest BCUT2D eigenvalue weighted by molar-refractivity contribution is 6.35. The van der Waals surface area contributed by atoms with Gasteiger partial charge >= 0.3 is 0 Å². The number of benzene rings is 3. The minimum atomic E-state index is -0.917. The van der Waals surface area contributed by atoms with E-state index in [0.717, 1.165) is 28.3 Å². The number of H-pyrrole nitrogens is 1. The maximum atomic E-state index is 14.1. The Bertz CT molecular complexity index is 1450. The third kappa shape index (κ3) is 3.97. The number of imidazole rings is 1. The van der Waals surface area contributed by atoms with Gasteiger partial charge in [0, 0.05) is 27.2 Å². The number of pyridine rings is 1. The molecule has 0 spiro atoms. The van der Waals surface area contributed by atoms with Gasteiger partial charge in [0.05, 0.1) is 5.56 Å². The molecular formula is C25H16Cl2F2N3+. The summed E-state index contributed by atoms with van der Waals surface area (Å²) < 4.78 is 29.7. The van der Waals surface area contributed by atoms with Crippen LogP contribution in [-0.2, 0) is 6.54 Å². The molecule has 0 radical (unpaired) electrons. The molecule has 32 heavy (non-hydrogen) atoms. The van der Waals surface area contributed by atoms with Crippen molar-refractivity contribution in [2.45, 2.75) is 6.54 Å². The van der Waals surface area contributed by atoms with Crippen LogP contribution < -0.4 is 4.57 Å². The van der Waals surface area contributed by atoms with Crippen LogP contribution in [0.4, 0.5) is 8.78 Å². The number of nitrogens with one attached hydrogen (secondary N) is 1. The largest absolute Gasteiger partial charge is 0.333 e. The molecule has 7 heteroatoms. The Labute approximate surface area is 192 Å². The number of rotatable bonds is 4. The van der Waals surface area contributed by atoms with Crippen molar-refractivity contribution in [3.63, 3.8) is 0 Å². The van der Waals surface area contributed by atoms with Crippen molar-refractivity contribution in [3.05, 3.63) is 106 Å². The van der Waals surface area contributed by atoms with Crippen molar-refractivity contribution < 1.29 is 13.3 Å². The van der Waals surface area contributed by atoms with Gasteiger partial charge in [-0.1, -0.05) is 53.5 Å². The molecule has 3 aromatic carbocycles. The second-order valence-electron chi connectivity index (χ2n) is 7.42. The molecule has 1 N–H and O–H groups in total. The quantitative estimate of drug-likeness (QED) is 0.289. The van der Waals surface area contributed by atoms with Crippen molar-refractivity contribution in [3.8, 4) is 22.5 Å². The Kier molecular flexibility index (Phi) is 5.37. The maximum Gasteiger partial charge on any atom is 0.195 e. The molecule has 2 heterocycles. The van der Waals surface area contributed by atoms with E-state index < -0.39 is 11.6 Å². The van der Waals surface area contributed by atoms with Crippen molar-refractivity contribution in [1.29, 1.82) is 0 Å². The van der Waals surface area contributed by atoms with E-state index in [1.807, 2.05) is 53.4 Å². The summed E-state index contributed by atoms with van der Waals surface area (Å²) >= 11 is 12.4. The molecule has 0 aliphatic heterocycles. The Morgan fingerprint density at radius 3 is 2.53 bits per heavy atom. The number of aromatic amines is 1. The van der Waals surface area contributed by atoms with E-state index in [0.29, 0.717) is 22.1 Å². The molecule has 0 atom stereocenters. The van der Waals surface area contributed by atoms with Crippen LogP contribution >= 0.6 is 23.2 Å². The van der Waals surface area contributed by atoms with Crippen LogP contribution in [0, 0.1) is 11.6 Å². The van der Waals surface area contributed by atoms with Gasteiger partial charge in [-0.15, -0.1) is 0 Å². The normalized spacial score (nSPS) is 11.2. The van der Waals surface area contributed by atoms with E-state index in [-0.39, 0.29) is 11.4 Å². The van der Waals surface area contributed by atoms with Gasteiger partial charge in [-0.2, -0.15) is 4.57 Å². The van der Waals surface area contributed by atoms with E-state index >= 15 is 0 Å². The van der Waals surface area contributed by atoms with Gasteiger partial charge in [-0.25, -0.2) is 13.8 Å². The molecule has 158 valence electrons. The van der Waals surface area contributed by atoms with Crippen LogP contribution in [0.1, 0.15) is 5.56 Å². The van der Waals surface area contributed by atoms with Crippen LogP contribution in [0.25, 0.3) is 33.5 Å². The van der Waals surface area contributed by atoms with Gasteiger partial charge in [0.1, 0.15) is 16.9 Å². The van der Waals surface area contributed by atoms with Gasteiger partial charge in [0.25, 0.3) is 0 Å². The molecule has 0 bridgehead atoms. The second-order valence-corrected chi connectivity index (χ2v) is 8.27. The smallest absolute Gasteiger partial charge is 0.195 e. The predicted molar refractivity (Wildman–Crippen MR) is 123 cm³/mol. The zero-order valence-electron chi connectivity index (χ0n) is 16.6. The molecular weight excluding hydrogens is 451 g/mol. The van der Waals surface area contributed by atoms with Gasteiger partial charge in [-0.3, -0.25) is 0 Å². The lowest BCUT2D eigenvalue weighted by atomic mass is 10.0. The average molecular weight is 467 g/mol. The summed E-state index contributed by atoms with van der Waals surface area (Å²) in [6.45, 7) is 0.627. The van der Waals surface area contributed by atoms with Crippen molar-refractivity contribution in [2.24, 2.45) is 0 Å². The standard InChI is InChI=1S/C25H15Cl2F2N3/c26-17-8-9-20(27)19(12-17)16-6-4-15(5-7-16)13-32-11-10-22-23(14-32)31-25(30-22)18-2-1-3-21(28)24(18)29/h1-12,14H,13H2/p+1. The summed E-state index contributed by atoms with van der Waals surface area (Å²) in [5, 5.41) is 1.28. The van der Waals surface area contributed by atoms with Crippen LogP contribution in [-0.4, -0.2) is 9.97 Å². The number of hydrogen-bond donors (Lipinski definition) is 1. The van der Waals surface area contributed by atoms with E-state index in [2.05, 4.69) is 9.97 Å². The first-order valence-corrected chi connectivity index (χ1v) is 10.6. The molecule has 0 unspecified atom stereocenters. The first-order valence-electron chi connectivity index (χ1n) is 9.85. The van der Waals surface area contributed by atoms with E-state index in [1.54, 1.807) is 12.1 Å². The van der Waals surface area contributed by atoms with Crippen LogP contribution in [0.3, 0.4) is 0 Å². The van der Waals surface area contributed by atoms with Gasteiger partial charge in [0.15, 0.2) is 30.6 Å². The predicted octanol–water partition coefficient (Wildman–Crippen LogP) is 6.82. The molecule has 0 aliphatic carbocycles. The molecule has 0 amide bonds. The highest BCUT2D eigenvalue weighted by Gasteiger charge is 2.15. The second kappa shape index (κ2) is 8.34. The number of halogens is 4. The average Bonchev–Trinajstić information content (AvgIpc) is 3.21. The summed E-state index contributed by atoms with van der Waals surface area (Å²) in [5.74, 6) is -1.53. The van der Waals surface area contributed by atoms with Gasteiger partial charge < -0.3 is 4.98 Å². The third-order valence-corrected chi connectivity index (χ3v) is 5.81. The minimum Gasteiger partial charge on any atom is -0.333 e. The summed E-state index contributed by atoms with van der Waals surface area (Å²) in [6, 6.07) is 19.4. The molecule has 5 aromatic rings. The van der Waals surface area contributed by atoms with Crippen LogP contribution in [0.5, 0.6) is 0 Å². The highest BCUT2D eigenvalue weighted by atomic mass is 35.5. The van der Waals surface area contributed by atoms with Crippen molar-refractivity contribution in [1.82, 2.24) is 9.97 Å². The number of aromatic nitrogens is 3. The zero-order chi connectivity index (χ0) is 22.2. The lowest BCUT2D eigenvalue weighted by molar-refractivity contribution is -0.687. The monoisotopic (exact) mass is 466 g/mol. The number of fused-ring (bicyclic) bond motifs is 1. The minimum absolute atomic E-state index is 0.100. The lowest BCUT2D eigenvalue weighted by Crippen LogP contribution is -2.33. The highest BCUT2D eigenvalue weighted by Crippen LogP contribution is 2.30. The summed E-state index contributed by atoms with van der Waals surface area (Å²) in [7, 11) is 0. The lowest BCUT2D eigenvalue weighted by Gasteiger charge is -2.06. The van der Waals surface area contributed by atoms with Crippen LogP contribution in [0.2, 0.25) is 10.0 Å². The molecule has 0 saturated carbocycles. The molecule has 0 saturated heterocycles. The molecule has 5 rings (SSSR count). The molecule has 3 nitrogen and oxygen atoms in total. The Balaban J connectivity index is 1.41. The summed E-state index contributed by atoms with van der Waals surface area (Å²) in [5.41, 5.74) is 4.46. The van der Waals surface area contributed by atoms with E-state index in [1.165, 1.54) is 12.1 Å².